The Bertz CT molecular complexity index is 1430. The monoisotopic (exact) mass is 551 g/mol. The van der Waals surface area contributed by atoms with Crippen LogP contribution in [0, 0.1) is 5.82 Å². The molecule has 0 unspecified atom stereocenters. The number of aromatic nitrogens is 4. The second kappa shape index (κ2) is 13.7. The number of benzene rings is 2. The summed E-state index contributed by atoms with van der Waals surface area (Å²) in [6.45, 7) is 6.21. The minimum atomic E-state index is -0.428. The van der Waals surface area contributed by atoms with E-state index in [0.717, 1.165) is 18.4 Å². The average molecular weight is 552 g/mol. The van der Waals surface area contributed by atoms with Crippen molar-refractivity contribution in [2.75, 3.05) is 44.0 Å². The second-order valence-corrected chi connectivity index (χ2v) is 9.41. The predicted octanol–water partition coefficient (Wildman–Crippen LogP) is 3.83. The zero-order valence-electron chi connectivity index (χ0n) is 22.8. The zero-order chi connectivity index (χ0) is 28.5. The van der Waals surface area contributed by atoms with Gasteiger partial charge in [-0.1, -0.05) is 6.07 Å². The molecule has 0 saturated heterocycles. The number of amides is 1. The van der Waals surface area contributed by atoms with Crippen molar-refractivity contribution < 1.29 is 23.8 Å². The second-order valence-electron chi connectivity index (χ2n) is 9.41. The number of hydrogen-bond donors (Lipinski definition) is 3. The van der Waals surface area contributed by atoms with Crippen molar-refractivity contribution in [3.05, 3.63) is 60.9 Å². The summed E-state index contributed by atoms with van der Waals surface area (Å²) >= 11 is 0. The third kappa shape index (κ3) is 7.64. The van der Waals surface area contributed by atoms with Crippen molar-refractivity contribution in [3.63, 3.8) is 0 Å². The molecule has 4 aromatic rings. The molecule has 2 aromatic heterocycles. The van der Waals surface area contributed by atoms with Crippen molar-refractivity contribution >= 4 is 34.0 Å². The topological polar surface area (TPSA) is 127 Å². The lowest BCUT2D eigenvalue weighted by Gasteiger charge is -2.25. The maximum atomic E-state index is 13.4. The van der Waals surface area contributed by atoms with Crippen LogP contribution in [0.2, 0.25) is 0 Å². The summed E-state index contributed by atoms with van der Waals surface area (Å²) in [6.07, 6.45) is 5.49. The van der Waals surface area contributed by atoms with Gasteiger partial charge in [-0.3, -0.25) is 14.4 Å². The molecule has 0 spiro atoms. The van der Waals surface area contributed by atoms with Crippen LogP contribution in [0.15, 0.2) is 55.1 Å². The van der Waals surface area contributed by atoms with Crippen molar-refractivity contribution in [2.24, 2.45) is 0 Å². The molecule has 1 amide bonds. The number of carbonyl (C=O) groups is 1. The van der Waals surface area contributed by atoms with Gasteiger partial charge in [0.25, 0.3) is 0 Å². The summed E-state index contributed by atoms with van der Waals surface area (Å²) in [4.78, 5) is 23.3. The summed E-state index contributed by atoms with van der Waals surface area (Å²) in [5.41, 5.74) is 1.66. The van der Waals surface area contributed by atoms with E-state index in [1.54, 1.807) is 25.6 Å². The van der Waals surface area contributed by atoms with E-state index in [9.17, 15) is 14.3 Å². The first kappa shape index (κ1) is 28.7. The fourth-order valence-electron chi connectivity index (χ4n) is 4.21. The SMILES string of the molecule is COc1cc2c(Nc3cnn(CC(=O)Nc4cccc(F)c4)c3)ncnc2cc1OCCCN(CCO)C(C)C. The number of fused-ring (bicyclic) bond motifs is 1. The van der Waals surface area contributed by atoms with E-state index in [1.165, 1.54) is 29.2 Å². The van der Waals surface area contributed by atoms with Crippen molar-refractivity contribution in [1.82, 2.24) is 24.6 Å². The highest BCUT2D eigenvalue weighted by atomic mass is 19.1. The van der Waals surface area contributed by atoms with Crippen LogP contribution >= 0.6 is 0 Å². The Morgan fingerprint density at radius 2 is 2.00 bits per heavy atom. The third-order valence-corrected chi connectivity index (χ3v) is 6.20. The summed E-state index contributed by atoms with van der Waals surface area (Å²) in [5, 5.41) is 20.1. The van der Waals surface area contributed by atoms with Gasteiger partial charge in [0.1, 0.15) is 24.5 Å². The molecule has 0 bridgehead atoms. The van der Waals surface area contributed by atoms with Crippen molar-refractivity contribution in [1.29, 1.82) is 0 Å². The van der Waals surface area contributed by atoms with Crippen LogP contribution in [0.25, 0.3) is 10.9 Å². The van der Waals surface area contributed by atoms with E-state index in [4.69, 9.17) is 9.47 Å². The molecule has 0 aliphatic carbocycles. The van der Waals surface area contributed by atoms with E-state index in [1.807, 2.05) is 12.1 Å². The van der Waals surface area contributed by atoms with Crippen LogP contribution in [0.1, 0.15) is 20.3 Å². The number of carbonyl (C=O) groups excluding carboxylic acids is 1. The molecular formula is C28H34FN7O4. The van der Waals surface area contributed by atoms with Gasteiger partial charge in [-0.05, 0) is 44.5 Å². The quantitative estimate of drug-likeness (QED) is 0.200. The molecule has 0 aliphatic rings. The Kier molecular flexibility index (Phi) is 9.81. The molecule has 4 rings (SSSR count). The van der Waals surface area contributed by atoms with Crippen LogP contribution in [0.5, 0.6) is 11.5 Å². The van der Waals surface area contributed by atoms with Crippen molar-refractivity contribution in [2.45, 2.75) is 32.9 Å². The number of aliphatic hydroxyl groups excluding tert-OH is 1. The molecule has 0 fully saturated rings. The number of aliphatic hydroxyl groups is 1. The molecule has 0 saturated carbocycles. The Hall–Kier alpha value is -4.29. The summed E-state index contributed by atoms with van der Waals surface area (Å²) in [6, 6.07) is 9.67. The first-order chi connectivity index (χ1) is 19.4. The first-order valence-corrected chi connectivity index (χ1v) is 13.0. The van der Waals surface area contributed by atoms with Gasteiger partial charge in [-0.15, -0.1) is 0 Å². The summed E-state index contributed by atoms with van der Waals surface area (Å²) in [5.74, 6) is 0.898. The maximum absolute atomic E-state index is 13.4. The van der Waals surface area contributed by atoms with Gasteiger partial charge >= 0.3 is 0 Å². The van der Waals surface area contributed by atoms with Gasteiger partial charge in [-0.2, -0.15) is 5.10 Å². The van der Waals surface area contributed by atoms with Crippen LogP contribution in [0.3, 0.4) is 0 Å². The highest BCUT2D eigenvalue weighted by Gasteiger charge is 2.14. The smallest absolute Gasteiger partial charge is 0.246 e. The first-order valence-electron chi connectivity index (χ1n) is 13.0. The van der Waals surface area contributed by atoms with E-state index >= 15 is 0 Å². The van der Waals surface area contributed by atoms with E-state index in [0.29, 0.717) is 53.4 Å². The van der Waals surface area contributed by atoms with Crippen LogP contribution < -0.4 is 20.1 Å². The molecule has 2 heterocycles. The molecule has 0 aliphatic heterocycles. The highest BCUT2D eigenvalue weighted by Crippen LogP contribution is 2.34. The molecular weight excluding hydrogens is 517 g/mol. The molecule has 11 nitrogen and oxygen atoms in total. The Labute approximate surface area is 231 Å². The Morgan fingerprint density at radius 3 is 2.75 bits per heavy atom. The van der Waals surface area contributed by atoms with E-state index in [2.05, 4.69) is 44.4 Å². The lowest BCUT2D eigenvalue weighted by molar-refractivity contribution is -0.116. The van der Waals surface area contributed by atoms with E-state index < -0.39 is 5.82 Å². The zero-order valence-corrected chi connectivity index (χ0v) is 22.8. The molecule has 212 valence electrons. The standard InChI is InChI=1S/C28H34FN7O4/c1-19(2)35(9-10-37)8-5-11-40-26-14-24-23(13-25(26)39-3)28(31-18-30-24)34-22-15-32-36(16-22)17-27(38)33-21-7-4-6-20(29)12-21/h4,6-7,12-16,18-19,37H,5,8-11,17H2,1-3H3,(H,33,38)(H,30,31,34). The number of halogens is 1. The van der Waals surface area contributed by atoms with Crippen LogP contribution in [-0.4, -0.2) is 75.1 Å². The largest absolute Gasteiger partial charge is 0.493 e. The fourth-order valence-corrected chi connectivity index (χ4v) is 4.21. The van der Waals surface area contributed by atoms with Crippen molar-refractivity contribution in [3.8, 4) is 11.5 Å². The normalized spacial score (nSPS) is 11.3. The highest BCUT2D eigenvalue weighted by molar-refractivity contribution is 5.93. The summed E-state index contributed by atoms with van der Waals surface area (Å²) < 4.78 is 26.4. The van der Waals surface area contributed by atoms with Gasteiger partial charge in [0, 0.05) is 42.5 Å². The maximum Gasteiger partial charge on any atom is 0.246 e. The molecule has 2 aromatic carbocycles. The molecule has 3 N–H and O–H groups in total. The molecule has 12 heteroatoms. The van der Waals surface area contributed by atoms with Gasteiger partial charge in [0.2, 0.25) is 5.91 Å². The molecule has 0 radical (unpaired) electrons. The number of ether oxygens (including phenoxy) is 2. The minimum Gasteiger partial charge on any atom is -0.493 e. The van der Waals surface area contributed by atoms with Gasteiger partial charge < -0.3 is 25.2 Å². The number of anilines is 3. The average Bonchev–Trinajstić information content (AvgIpc) is 3.36. The van der Waals surface area contributed by atoms with Gasteiger partial charge in [-0.25, -0.2) is 14.4 Å². The Balaban J connectivity index is 1.41. The number of methoxy groups -OCH3 is 1. The molecule has 0 atom stereocenters. The number of rotatable bonds is 14. The lowest BCUT2D eigenvalue weighted by Crippen LogP contribution is -2.34. The van der Waals surface area contributed by atoms with E-state index in [-0.39, 0.29) is 19.1 Å². The van der Waals surface area contributed by atoms with Crippen LogP contribution in [-0.2, 0) is 11.3 Å². The molecule has 40 heavy (non-hydrogen) atoms. The fraction of sp³-hybridized carbons (Fsp3) is 0.357. The third-order valence-electron chi connectivity index (χ3n) is 6.20. The number of nitrogens with one attached hydrogen (secondary N) is 2. The minimum absolute atomic E-state index is 0.0494. The number of hydrogen-bond acceptors (Lipinski definition) is 9. The lowest BCUT2D eigenvalue weighted by atomic mass is 10.2. The van der Waals surface area contributed by atoms with Crippen LogP contribution in [0.4, 0.5) is 21.6 Å². The van der Waals surface area contributed by atoms with Gasteiger partial charge in [0.15, 0.2) is 11.5 Å². The summed E-state index contributed by atoms with van der Waals surface area (Å²) in [7, 11) is 1.57. The number of nitrogens with zero attached hydrogens (tertiary/aromatic N) is 5. The predicted molar refractivity (Wildman–Crippen MR) is 151 cm³/mol. The Morgan fingerprint density at radius 1 is 1.15 bits per heavy atom. The van der Waals surface area contributed by atoms with Gasteiger partial charge in [0.05, 0.1) is 37.7 Å².